The number of anilines is 1. The van der Waals surface area contributed by atoms with E-state index in [2.05, 4.69) is 11.9 Å². The van der Waals surface area contributed by atoms with Crippen LogP contribution >= 0.6 is 23.4 Å². The van der Waals surface area contributed by atoms with Crippen LogP contribution in [-0.4, -0.2) is 54.3 Å². The zero-order valence-electron chi connectivity index (χ0n) is 23.3. The summed E-state index contributed by atoms with van der Waals surface area (Å²) in [5.74, 6) is -0.683. The first-order chi connectivity index (χ1) is 19.7. The monoisotopic (exact) mass is 600 g/mol. The number of amides is 3. The van der Waals surface area contributed by atoms with E-state index in [4.69, 9.17) is 25.8 Å². The van der Waals surface area contributed by atoms with E-state index < -0.39 is 29.6 Å². The van der Waals surface area contributed by atoms with Gasteiger partial charge in [-0.3, -0.25) is 19.3 Å². The summed E-state index contributed by atoms with van der Waals surface area (Å²) in [5, 5.41) is 2.21. The van der Waals surface area contributed by atoms with Gasteiger partial charge in [0.05, 0.1) is 35.3 Å². The molecule has 3 amide bonds. The van der Waals surface area contributed by atoms with Crippen molar-refractivity contribution in [1.82, 2.24) is 4.90 Å². The zero-order chi connectivity index (χ0) is 29.9. The van der Waals surface area contributed by atoms with Crippen molar-refractivity contribution in [3.05, 3.63) is 69.6 Å². The Morgan fingerprint density at radius 2 is 1.85 bits per heavy atom. The highest BCUT2D eigenvalue weighted by Gasteiger charge is 2.36. The summed E-state index contributed by atoms with van der Waals surface area (Å²) in [7, 11) is 0. The lowest BCUT2D eigenvalue weighted by Crippen LogP contribution is -2.36. The van der Waals surface area contributed by atoms with Crippen LogP contribution in [0.2, 0.25) is 5.02 Å². The van der Waals surface area contributed by atoms with Crippen molar-refractivity contribution < 1.29 is 33.4 Å². The number of nitrogens with zero attached hydrogens (tertiary/aromatic N) is 1. The lowest BCUT2D eigenvalue weighted by atomic mass is 10.0. The second kappa shape index (κ2) is 15.3. The maximum absolute atomic E-state index is 13.1. The van der Waals surface area contributed by atoms with Crippen molar-refractivity contribution in [2.24, 2.45) is 0 Å². The third-order valence-corrected chi connectivity index (χ3v) is 7.02. The topological polar surface area (TPSA) is 111 Å². The number of carbonyl (C=O) groups is 4. The van der Waals surface area contributed by atoms with Gasteiger partial charge in [-0.15, -0.1) is 6.58 Å². The molecule has 0 aliphatic carbocycles. The molecule has 0 spiro atoms. The Balaban J connectivity index is 1.75. The first-order valence-electron chi connectivity index (χ1n) is 13.3. The Kier molecular flexibility index (Phi) is 11.9. The van der Waals surface area contributed by atoms with Crippen LogP contribution in [0.4, 0.5) is 10.5 Å². The summed E-state index contributed by atoms with van der Waals surface area (Å²) in [4.78, 5) is 51.9. The normalized spacial score (nSPS) is 13.9. The fourth-order valence-electron chi connectivity index (χ4n) is 3.92. The predicted molar refractivity (Wildman–Crippen MR) is 161 cm³/mol. The number of allylic oxidation sites excluding steroid dienone is 1. The van der Waals surface area contributed by atoms with Crippen molar-refractivity contribution >= 4 is 58.1 Å². The number of carbonyl (C=O) groups excluding carboxylic acids is 4. The van der Waals surface area contributed by atoms with Crippen LogP contribution in [-0.2, 0) is 20.7 Å². The lowest BCUT2D eigenvalue weighted by molar-refractivity contribution is -0.127. The maximum Gasteiger partial charge on any atom is 0.339 e. The van der Waals surface area contributed by atoms with E-state index in [1.54, 1.807) is 18.2 Å². The van der Waals surface area contributed by atoms with Crippen LogP contribution in [0.1, 0.15) is 55.1 Å². The molecular weight excluding hydrogens is 568 g/mol. The van der Waals surface area contributed by atoms with Crippen LogP contribution in [0.5, 0.6) is 11.5 Å². The molecule has 0 radical (unpaired) electrons. The summed E-state index contributed by atoms with van der Waals surface area (Å²) in [6, 6.07) is 7.96. The molecule has 2 aromatic carbocycles. The number of imide groups is 1. The summed E-state index contributed by atoms with van der Waals surface area (Å²) < 4.78 is 16.8. The number of rotatable bonds is 14. The SMILES string of the molecule is C=CCc1cc(/C=C2/SC(=O)N(CC(=O)Nc3ccc(Cl)c(C(=O)OCCCC)c3)C2=O)cc(OCC)c1OCC. The lowest BCUT2D eigenvalue weighted by Gasteiger charge is -2.16. The van der Waals surface area contributed by atoms with Crippen molar-refractivity contribution in [3.8, 4) is 11.5 Å². The molecule has 0 atom stereocenters. The molecule has 1 aliphatic rings. The number of hydrogen-bond acceptors (Lipinski definition) is 8. The van der Waals surface area contributed by atoms with Gasteiger partial charge in [0, 0.05) is 11.3 Å². The number of halogens is 1. The Hall–Kier alpha value is -3.76. The largest absolute Gasteiger partial charge is 0.490 e. The average Bonchev–Trinajstić information content (AvgIpc) is 3.19. The van der Waals surface area contributed by atoms with Gasteiger partial charge in [0.1, 0.15) is 6.54 Å². The fourth-order valence-corrected chi connectivity index (χ4v) is 4.96. The third-order valence-electron chi connectivity index (χ3n) is 5.78. The van der Waals surface area contributed by atoms with Crippen LogP contribution in [0, 0.1) is 0 Å². The van der Waals surface area contributed by atoms with E-state index in [1.165, 1.54) is 18.2 Å². The minimum absolute atomic E-state index is 0.104. The summed E-state index contributed by atoms with van der Waals surface area (Å²) in [5.41, 5.74) is 1.85. The van der Waals surface area contributed by atoms with Crippen molar-refractivity contribution in [2.75, 3.05) is 31.7 Å². The molecule has 9 nitrogen and oxygen atoms in total. The number of nitrogens with one attached hydrogen (secondary N) is 1. The molecule has 1 heterocycles. The first-order valence-corrected chi connectivity index (χ1v) is 14.5. The summed E-state index contributed by atoms with van der Waals surface area (Å²) >= 11 is 6.88. The predicted octanol–water partition coefficient (Wildman–Crippen LogP) is 6.50. The highest BCUT2D eigenvalue weighted by atomic mass is 35.5. The fraction of sp³-hybridized carbons (Fsp3) is 0.333. The summed E-state index contributed by atoms with van der Waals surface area (Å²) in [6.07, 6.45) is 5.42. The Labute approximate surface area is 248 Å². The molecule has 1 N–H and O–H groups in total. The molecule has 1 aliphatic heterocycles. The number of hydrogen-bond donors (Lipinski definition) is 1. The summed E-state index contributed by atoms with van der Waals surface area (Å²) in [6.45, 7) is 10.1. The Bertz CT molecular complexity index is 1360. The molecule has 2 aromatic rings. The van der Waals surface area contributed by atoms with E-state index in [0.29, 0.717) is 43.1 Å². The van der Waals surface area contributed by atoms with Crippen molar-refractivity contribution in [3.63, 3.8) is 0 Å². The number of ether oxygens (including phenoxy) is 3. The number of thioether (sulfide) groups is 1. The van der Waals surface area contributed by atoms with Gasteiger partial charge in [0.15, 0.2) is 11.5 Å². The molecule has 0 aromatic heterocycles. The molecular formula is C30H33ClN2O7S. The van der Waals surface area contributed by atoms with E-state index in [1.807, 2.05) is 26.8 Å². The van der Waals surface area contributed by atoms with Crippen LogP contribution < -0.4 is 14.8 Å². The molecule has 0 bridgehead atoms. The zero-order valence-corrected chi connectivity index (χ0v) is 24.9. The van der Waals surface area contributed by atoms with E-state index in [9.17, 15) is 19.2 Å². The molecule has 41 heavy (non-hydrogen) atoms. The van der Waals surface area contributed by atoms with Crippen LogP contribution in [0.3, 0.4) is 0 Å². The van der Waals surface area contributed by atoms with Gasteiger partial charge in [-0.2, -0.15) is 0 Å². The van der Waals surface area contributed by atoms with Crippen molar-refractivity contribution in [1.29, 1.82) is 0 Å². The van der Waals surface area contributed by atoms with E-state index in [0.717, 1.165) is 28.6 Å². The minimum atomic E-state index is -0.617. The molecule has 0 unspecified atom stereocenters. The van der Waals surface area contributed by atoms with Gasteiger partial charge in [-0.25, -0.2) is 4.79 Å². The van der Waals surface area contributed by atoms with Gasteiger partial charge >= 0.3 is 5.97 Å². The molecule has 218 valence electrons. The minimum Gasteiger partial charge on any atom is -0.490 e. The van der Waals surface area contributed by atoms with Gasteiger partial charge in [0.2, 0.25) is 5.91 Å². The molecule has 1 fully saturated rings. The number of esters is 1. The highest BCUT2D eigenvalue weighted by Crippen LogP contribution is 2.37. The second-order valence-corrected chi connectivity index (χ2v) is 10.3. The maximum atomic E-state index is 13.1. The number of benzene rings is 2. The van der Waals surface area contributed by atoms with Gasteiger partial charge < -0.3 is 19.5 Å². The van der Waals surface area contributed by atoms with Gasteiger partial charge in [-0.05, 0) is 80.4 Å². The van der Waals surface area contributed by atoms with Crippen LogP contribution in [0.15, 0.2) is 47.9 Å². The van der Waals surface area contributed by atoms with Crippen LogP contribution in [0.25, 0.3) is 6.08 Å². The quantitative estimate of drug-likeness (QED) is 0.113. The van der Waals surface area contributed by atoms with E-state index >= 15 is 0 Å². The molecule has 11 heteroatoms. The van der Waals surface area contributed by atoms with Crippen molar-refractivity contribution in [2.45, 2.75) is 40.0 Å². The third kappa shape index (κ3) is 8.37. The Morgan fingerprint density at radius 1 is 1.10 bits per heavy atom. The average molecular weight is 601 g/mol. The van der Waals surface area contributed by atoms with Gasteiger partial charge in [-0.1, -0.05) is 31.0 Å². The smallest absolute Gasteiger partial charge is 0.339 e. The molecule has 1 saturated heterocycles. The Morgan fingerprint density at radius 3 is 2.54 bits per heavy atom. The molecule has 0 saturated carbocycles. The van der Waals surface area contributed by atoms with E-state index in [-0.39, 0.29) is 27.8 Å². The highest BCUT2D eigenvalue weighted by molar-refractivity contribution is 8.18. The number of unbranched alkanes of at least 4 members (excludes halogenated alkanes) is 1. The standard InChI is InChI=1S/C30H33ClN2O7S/c1-5-9-13-40-29(36)22-17-21(11-12-23(22)31)32-26(34)18-33-28(35)25(41-30(33)37)16-19-14-20(10-6-2)27(39-8-4)24(15-19)38-7-3/h6,11-12,14-17H,2,5,7-10,13,18H2,1,3-4H3,(H,32,34)/b25-16+. The van der Waals surface area contributed by atoms with Gasteiger partial charge in [0.25, 0.3) is 11.1 Å². The second-order valence-electron chi connectivity index (χ2n) is 8.87. The first kappa shape index (κ1) is 31.8. The molecule has 3 rings (SSSR count).